The van der Waals surface area contributed by atoms with Crippen molar-refractivity contribution in [3.8, 4) is 0 Å². The predicted molar refractivity (Wildman–Crippen MR) is 67.3 cm³/mol. The molecule has 0 saturated carbocycles. The van der Waals surface area contributed by atoms with E-state index in [1.807, 2.05) is 6.92 Å². The van der Waals surface area contributed by atoms with E-state index in [0.29, 0.717) is 36.9 Å². The third kappa shape index (κ3) is 2.29. The molecule has 1 unspecified atom stereocenters. The third-order valence-electron chi connectivity index (χ3n) is 3.27. The van der Waals surface area contributed by atoms with Gasteiger partial charge in [-0.2, -0.15) is 0 Å². The Morgan fingerprint density at radius 2 is 1.72 bits per heavy atom. The largest absolute Gasteiger partial charge is 0.393 e. The summed E-state index contributed by atoms with van der Waals surface area (Å²) in [4.78, 5) is 25.3. The first-order valence-corrected chi connectivity index (χ1v) is 6.28. The molecule has 96 valence electrons. The molecule has 2 rings (SSSR count). The zero-order valence-electron chi connectivity index (χ0n) is 10.4. The summed E-state index contributed by atoms with van der Waals surface area (Å²) in [6, 6.07) is 6.87. The summed E-state index contributed by atoms with van der Waals surface area (Å²) in [6.07, 6.45) is 1.60. The predicted octanol–water partition coefficient (Wildman–Crippen LogP) is 1.83. The van der Waals surface area contributed by atoms with Gasteiger partial charge in [-0.05, 0) is 31.4 Å². The molecule has 0 radical (unpaired) electrons. The molecule has 1 aromatic carbocycles. The third-order valence-corrected chi connectivity index (χ3v) is 3.27. The minimum absolute atomic E-state index is 0.221. The number of amides is 2. The average Bonchev–Trinajstić information content (AvgIpc) is 2.64. The molecule has 0 spiro atoms. The van der Waals surface area contributed by atoms with Crippen LogP contribution in [0, 0.1) is 0 Å². The Morgan fingerprint density at radius 1 is 1.17 bits per heavy atom. The molecule has 1 heterocycles. The number of benzene rings is 1. The van der Waals surface area contributed by atoms with E-state index in [2.05, 4.69) is 0 Å². The van der Waals surface area contributed by atoms with Crippen molar-refractivity contribution in [3.05, 3.63) is 35.4 Å². The SMILES string of the molecule is CCC(O)CCCN1C(=O)c2ccccc2C1=O. The molecule has 1 aliphatic rings. The van der Waals surface area contributed by atoms with E-state index in [9.17, 15) is 14.7 Å². The second-order valence-corrected chi connectivity index (χ2v) is 4.51. The van der Waals surface area contributed by atoms with Gasteiger partial charge in [-0.1, -0.05) is 19.1 Å². The number of carbonyl (C=O) groups is 2. The van der Waals surface area contributed by atoms with Crippen LogP contribution in [0.2, 0.25) is 0 Å². The number of aliphatic hydroxyl groups is 1. The van der Waals surface area contributed by atoms with Crippen LogP contribution >= 0.6 is 0 Å². The van der Waals surface area contributed by atoms with Crippen molar-refractivity contribution < 1.29 is 14.7 Å². The van der Waals surface area contributed by atoms with Crippen molar-refractivity contribution in [3.63, 3.8) is 0 Å². The van der Waals surface area contributed by atoms with Gasteiger partial charge in [0, 0.05) is 6.54 Å². The fourth-order valence-corrected chi connectivity index (χ4v) is 2.13. The van der Waals surface area contributed by atoms with Crippen LogP contribution in [0.5, 0.6) is 0 Å². The van der Waals surface area contributed by atoms with Crippen LogP contribution in [0.1, 0.15) is 46.9 Å². The molecule has 0 saturated heterocycles. The van der Waals surface area contributed by atoms with Crippen LogP contribution in [-0.2, 0) is 0 Å². The summed E-state index contributed by atoms with van der Waals surface area (Å²) in [5, 5.41) is 9.45. The molecule has 0 fully saturated rings. The lowest BCUT2D eigenvalue weighted by Gasteiger charge is -2.14. The highest BCUT2D eigenvalue weighted by Gasteiger charge is 2.34. The minimum Gasteiger partial charge on any atom is -0.393 e. The number of rotatable bonds is 5. The van der Waals surface area contributed by atoms with Crippen molar-refractivity contribution in [2.75, 3.05) is 6.54 Å². The van der Waals surface area contributed by atoms with E-state index < -0.39 is 0 Å². The summed E-state index contributed by atoms with van der Waals surface area (Å²) in [6.45, 7) is 2.29. The standard InChI is InChI=1S/C14H17NO3/c1-2-10(16)6-5-9-15-13(17)11-7-3-4-8-12(11)14(15)18/h3-4,7-8,10,16H,2,5-6,9H2,1H3. The first-order chi connectivity index (χ1) is 8.65. The van der Waals surface area contributed by atoms with E-state index >= 15 is 0 Å². The summed E-state index contributed by atoms with van der Waals surface area (Å²) in [5.41, 5.74) is 0.970. The Balaban J connectivity index is 2.01. The molecule has 0 bridgehead atoms. The van der Waals surface area contributed by atoms with E-state index in [-0.39, 0.29) is 17.9 Å². The summed E-state index contributed by atoms with van der Waals surface area (Å²) < 4.78 is 0. The fraction of sp³-hybridized carbons (Fsp3) is 0.429. The topological polar surface area (TPSA) is 57.6 Å². The zero-order valence-corrected chi connectivity index (χ0v) is 10.4. The monoisotopic (exact) mass is 247 g/mol. The molecule has 1 N–H and O–H groups in total. The molecular formula is C14H17NO3. The first-order valence-electron chi connectivity index (χ1n) is 6.28. The smallest absolute Gasteiger partial charge is 0.261 e. The van der Waals surface area contributed by atoms with Gasteiger partial charge in [-0.25, -0.2) is 0 Å². The summed E-state index contributed by atoms with van der Waals surface area (Å²) in [5.74, 6) is -0.442. The lowest BCUT2D eigenvalue weighted by molar-refractivity contribution is 0.0640. The molecular weight excluding hydrogens is 230 g/mol. The van der Waals surface area contributed by atoms with E-state index in [4.69, 9.17) is 0 Å². The van der Waals surface area contributed by atoms with Crippen molar-refractivity contribution in [2.45, 2.75) is 32.3 Å². The van der Waals surface area contributed by atoms with Crippen molar-refractivity contribution in [1.29, 1.82) is 0 Å². The lowest BCUT2D eigenvalue weighted by Crippen LogP contribution is -2.31. The van der Waals surface area contributed by atoms with Crippen molar-refractivity contribution >= 4 is 11.8 Å². The minimum atomic E-state index is -0.347. The number of imide groups is 1. The molecule has 2 amide bonds. The van der Waals surface area contributed by atoms with Gasteiger partial charge in [0.25, 0.3) is 11.8 Å². The quantitative estimate of drug-likeness (QED) is 0.808. The van der Waals surface area contributed by atoms with Gasteiger partial charge in [0.2, 0.25) is 0 Å². The number of hydrogen-bond donors (Lipinski definition) is 1. The maximum absolute atomic E-state index is 12.0. The van der Waals surface area contributed by atoms with Crippen molar-refractivity contribution in [2.24, 2.45) is 0 Å². The van der Waals surface area contributed by atoms with Gasteiger partial charge in [0.1, 0.15) is 0 Å². The van der Waals surface area contributed by atoms with Crippen LogP contribution in [-0.4, -0.2) is 34.5 Å². The molecule has 18 heavy (non-hydrogen) atoms. The fourth-order valence-electron chi connectivity index (χ4n) is 2.13. The Bertz CT molecular complexity index is 435. The highest BCUT2D eigenvalue weighted by Crippen LogP contribution is 2.22. The summed E-state index contributed by atoms with van der Waals surface area (Å²) in [7, 11) is 0. The van der Waals surface area contributed by atoms with Crippen LogP contribution in [0.15, 0.2) is 24.3 Å². The molecule has 0 aliphatic carbocycles. The second kappa shape index (κ2) is 5.31. The van der Waals surface area contributed by atoms with Gasteiger partial charge in [-0.3, -0.25) is 14.5 Å². The summed E-state index contributed by atoms with van der Waals surface area (Å²) >= 11 is 0. The number of fused-ring (bicyclic) bond motifs is 1. The van der Waals surface area contributed by atoms with Gasteiger partial charge in [0.05, 0.1) is 17.2 Å². The Hall–Kier alpha value is -1.68. The van der Waals surface area contributed by atoms with Crippen LogP contribution in [0.4, 0.5) is 0 Å². The molecule has 4 heteroatoms. The Morgan fingerprint density at radius 3 is 2.22 bits per heavy atom. The second-order valence-electron chi connectivity index (χ2n) is 4.51. The van der Waals surface area contributed by atoms with Gasteiger partial charge in [0.15, 0.2) is 0 Å². The van der Waals surface area contributed by atoms with Gasteiger partial charge < -0.3 is 5.11 Å². The number of carbonyl (C=O) groups excluding carboxylic acids is 2. The highest BCUT2D eigenvalue weighted by molar-refractivity contribution is 6.21. The number of nitrogens with zero attached hydrogens (tertiary/aromatic N) is 1. The highest BCUT2D eigenvalue weighted by atomic mass is 16.3. The van der Waals surface area contributed by atoms with E-state index in [1.165, 1.54) is 4.90 Å². The maximum Gasteiger partial charge on any atom is 0.261 e. The van der Waals surface area contributed by atoms with Crippen molar-refractivity contribution in [1.82, 2.24) is 4.90 Å². The maximum atomic E-state index is 12.0. The molecule has 0 aromatic heterocycles. The van der Waals surface area contributed by atoms with Crippen LogP contribution < -0.4 is 0 Å². The van der Waals surface area contributed by atoms with Crippen LogP contribution in [0.25, 0.3) is 0 Å². The number of aliphatic hydroxyl groups excluding tert-OH is 1. The van der Waals surface area contributed by atoms with Gasteiger partial charge in [-0.15, -0.1) is 0 Å². The first kappa shape index (κ1) is 12.8. The molecule has 1 aliphatic heterocycles. The normalized spacial score (nSPS) is 16.0. The molecule has 1 aromatic rings. The molecule has 4 nitrogen and oxygen atoms in total. The van der Waals surface area contributed by atoms with E-state index in [0.717, 1.165) is 0 Å². The Labute approximate surface area is 106 Å². The average molecular weight is 247 g/mol. The lowest BCUT2D eigenvalue weighted by atomic mass is 10.1. The number of hydrogen-bond acceptors (Lipinski definition) is 3. The molecule has 1 atom stereocenters. The van der Waals surface area contributed by atoms with Gasteiger partial charge >= 0.3 is 0 Å². The van der Waals surface area contributed by atoms with Crippen LogP contribution in [0.3, 0.4) is 0 Å². The zero-order chi connectivity index (χ0) is 13.1. The Kier molecular flexibility index (Phi) is 3.77. The van der Waals surface area contributed by atoms with E-state index in [1.54, 1.807) is 24.3 Å².